The van der Waals surface area contributed by atoms with Crippen molar-refractivity contribution < 1.29 is 9.59 Å². The molecule has 0 saturated carbocycles. The van der Waals surface area contributed by atoms with E-state index in [1.807, 2.05) is 91.1 Å². The van der Waals surface area contributed by atoms with Crippen molar-refractivity contribution in [1.82, 2.24) is 9.80 Å². The van der Waals surface area contributed by atoms with Gasteiger partial charge in [-0.3, -0.25) is 9.59 Å². The Kier molecular flexibility index (Phi) is 41.0. The number of nitrogens with zero attached hydrogens (tertiary/aromatic N) is 2. The second kappa shape index (κ2) is 50.8. The molecule has 604 valence electrons. The molecule has 0 bridgehead atoms. The number of rotatable bonds is 62. The number of hydrogen-bond donors (Lipinski definition) is 0. The van der Waals surface area contributed by atoms with Crippen LogP contribution in [0.2, 0.25) is 0 Å². The van der Waals surface area contributed by atoms with Crippen LogP contribution in [-0.2, 0) is 22.4 Å². The normalized spacial score (nSPS) is 15.2. The number of fused-ring (bicyclic) bond motifs is 1. The Morgan fingerprint density at radius 1 is 0.291 bits per heavy atom. The molecular formula is C98H142N2O2S8. The van der Waals surface area contributed by atoms with Crippen molar-refractivity contribution in [2.24, 2.45) is 11.8 Å². The van der Waals surface area contributed by atoms with Gasteiger partial charge in [0.2, 0.25) is 0 Å². The van der Waals surface area contributed by atoms with E-state index in [1.54, 1.807) is 0 Å². The van der Waals surface area contributed by atoms with Gasteiger partial charge >= 0.3 is 0 Å². The molecule has 7 aromatic rings. The lowest BCUT2D eigenvalue weighted by atomic mass is 9.93. The highest BCUT2D eigenvalue weighted by atomic mass is 32.2. The molecule has 0 saturated heterocycles. The Hall–Kier alpha value is -3.59. The molecule has 0 aromatic carbocycles. The maximum Gasteiger partial charge on any atom is 0.261 e. The van der Waals surface area contributed by atoms with Crippen LogP contribution >= 0.6 is 91.1 Å². The first-order valence-corrected chi connectivity index (χ1v) is 52.0. The summed E-state index contributed by atoms with van der Waals surface area (Å²) >= 11 is 15.4. The zero-order valence-electron chi connectivity index (χ0n) is 69.3. The lowest BCUT2D eigenvalue weighted by Crippen LogP contribution is -2.35. The molecule has 0 spiro atoms. The number of thiophene rings is 7. The summed E-state index contributed by atoms with van der Waals surface area (Å²) in [6.45, 7) is 15.2. The average molecular weight is 1640 g/mol. The van der Waals surface area contributed by atoms with Crippen LogP contribution in [0.25, 0.3) is 54.5 Å². The number of amides is 2. The lowest BCUT2D eigenvalue weighted by molar-refractivity contribution is -0.124. The summed E-state index contributed by atoms with van der Waals surface area (Å²) in [6, 6.07) is 32.8. The molecule has 0 N–H and O–H groups in total. The number of carbonyl (C=O) groups excluding carboxylic acids is 2. The van der Waals surface area contributed by atoms with Crippen molar-refractivity contribution in [3.8, 4) is 48.8 Å². The minimum Gasteiger partial charge on any atom is -0.306 e. The monoisotopic (exact) mass is 1630 g/mol. The molecule has 3 unspecified atom stereocenters. The summed E-state index contributed by atoms with van der Waals surface area (Å²) in [5.74, 6) is 0.864. The fraction of sp³-hybridized carbons (Fsp3) is 0.633. The van der Waals surface area contributed by atoms with Crippen molar-refractivity contribution in [2.75, 3.05) is 13.1 Å². The summed E-state index contributed by atoms with van der Waals surface area (Å²) in [7, 11) is 0. The van der Waals surface area contributed by atoms with Gasteiger partial charge in [0.05, 0.1) is 27.4 Å². The highest BCUT2D eigenvalue weighted by molar-refractivity contribution is 8.03. The highest BCUT2D eigenvalue weighted by Crippen LogP contribution is 2.56. The van der Waals surface area contributed by atoms with E-state index in [9.17, 15) is 0 Å². The van der Waals surface area contributed by atoms with E-state index in [0.29, 0.717) is 36.1 Å². The van der Waals surface area contributed by atoms with Gasteiger partial charge in [0, 0.05) is 86.6 Å². The Bertz CT molecular complexity index is 3830. The molecule has 0 aliphatic carbocycles. The molecule has 3 aliphatic heterocycles. The minimum atomic E-state index is 0.0709. The van der Waals surface area contributed by atoms with Crippen molar-refractivity contribution >= 4 is 109 Å². The Morgan fingerprint density at radius 3 is 0.909 bits per heavy atom. The molecule has 12 heteroatoms. The van der Waals surface area contributed by atoms with Crippen molar-refractivity contribution in [2.45, 2.75) is 374 Å². The van der Waals surface area contributed by atoms with Gasteiger partial charge in [-0.15, -0.1) is 91.1 Å². The van der Waals surface area contributed by atoms with Crippen LogP contribution in [0.5, 0.6) is 0 Å². The number of carbonyl (C=O) groups is 2. The molecule has 110 heavy (non-hydrogen) atoms. The van der Waals surface area contributed by atoms with E-state index in [0.717, 1.165) is 53.3 Å². The molecule has 3 atom stereocenters. The van der Waals surface area contributed by atoms with E-state index in [1.165, 1.54) is 359 Å². The van der Waals surface area contributed by atoms with Crippen LogP contribution in [0.15, 0.2) is 113 Å². The Labute approximate surface area is 702 Å². The largest absolute Gasteiger partial charge is 0.306 e. The number of unbranched alkanes of at least 4 members (excludes halogenated alkanes) is 38. The number of aryl methyl sites for hydroxylation is 2. The summed E-state index contributed by atoms with van der Waals surface area (Å²) in [5, 5.41) is 0.211. The molecule has 7 aromatic heterocycles. The second-order valence-electron chi connectivity index (χ2n) is 32.9. The van der Waals surface area contributed by atoms with Gasteiger partial charge in [-0.25, -0.2) is 0 Å². The standard InChI is InChI=1S/C98H142N2O2S8/c1-7-13-19-25-29-33-35-39-43-47-53-75(51-45-41-37-31-27-21-15-9-3)73-99-95(91-71-69-89(109-91)87-67-65-85(107-87)83-63-61-81(105-83)79-59-57-77(103-79)55-49-23-17-11-5)93-94(97(99)101)96(100(98(93)102)74-76(52-46-42-38-32-28-22-16-10-4)54-48-44-40-36-34-30-26-20-14-8-2)92-72-70-90(110-92)88-68-66-86(108-88)84-64-62-82(106-84)80-60-58-78(104-80)56-50-24-18-12-6/h57-69,71-72,75-76,90H,7-56,70,73-74H2,1-6H3. The highest BCUT2D eigenvalue weighted by Gasteiger charge is 2.51. The van der Waals surface area contributed by atoms with E-state index in [2.05, 4.69) is 142 Å². The van der Waals surface area contributed by atoms with E-state index >= 15 is 9.59 Å². The zero-order chi connectivity index (χ0) is 76.8. The summed E-state index contributed by atoms with van der Waals surface area (Å²) < 4.78 is 0. The maximum absolute atomic E-state index is 16.7. The third-order valence-electron chi connectivity index (χ3n) is 23.6. The average Bonchev–Trinajstić information content (AvgIpc) is 1.55. The van der Waals surface area contributed by atoms with Gasteiger partial charge in [-0.2, -0.15) is 0 Å². The van der Waals surface area contributed by atoms with Crippen LogP contribution < -0.4 is 0 Å². The van der Waals surface area contributed by atoms with Crippen LogP contribution in [0.1, 0.15) is 381 Å². The number of thioether (sulfide) groups is 1. The molecule has 0 radical (unpaired) electrons. The smallest absolute Gasteiger partial charge is 0.261 e. The second-order valence-corrected chi connectivity index (χ2v) is 41.9. The minimum absolute atomic E-state index is 0.0709. The first kappa shape index (κ1) is 88.8. The SMILES string of the molecule is CCCCCCCCCCCCC(CCCCCCCCCC)CN1C(=O)C2=C(c3ccc(-c4ccc(-c5ccc(-c6ccc(CCCCCC)s6)s5)s4)s3)N(CC(CCCCCCCCCC)CCCCCCCCCCCC)C(=O)C2=C1C1=CCC(c2ccc(-c3ccc(-c4ccc(CCCCCC)s4)s3)s2)S1. The summed E-state index contributed by atoms with van der Waals surface area (Å²) in [4.78, 5) is 57.7. The number of hydrogen-bond acceptors (Lipinski definition) is 10. The first-order chi connectivity index (χ1) is 54.2. The zero-order valence-corrected chi connectivity index (χ0v) is 75.9. The van der Waals surface area contributed by atoms with Gasteiger partial charge < -0.3 is 9.80 Å². The summed E-state index contributed by atoms with van der Waals surface area (Å²) in [6.07, 6.45) is 67.8. The molecule has 10 heterocycles. The predicted molar refractivity (Wildman–Crippen MR) is 496 cm³/mol. The van der Waals surface area contributed by atoms with Crippen LogP contribution in [-0.4, -0.2) is 34.7 Å². The molecule has 0 fully saturated rings. The lowest BCUT2D eigenvalue weighted by Gasteiger charge is -2.30. The topological polar surface area (TPSA) is 40.6 Å². The van der Waals surface area contributed by atoms with Crippen LogP contribution in [0.4, 0.5) is 0 Å². The van der Waals surface area contributed by atoms with Gasteiger partial charge in [-0.05, 0) is 155 Å². The molecule has 3 aliphatic rings. The molecule has 4 nitrogen and oxygen atoms in total. The van der Waals surface area contributed by atoms with Crippen molar-refractivity contribution in [1.29, 1.82) is 0 Å². The fourth-order valence-electron chi connectivity index (χ4n) is 17.0. The van der Waals surface area contributed by atoms with Gasteiger partial charge in [0.1, 0.15) is 0 Å². The Balaban J connectivity index is 0.976. The van der Waals surface area contributed by atoms with Crippen LogP contribution in [0.3, 0.4) is 0 Å². The predicted octanol–water partition coefficient (Wildman–Crippen LogP) is 35.0. The quantitative estimate of drug-likeness (QED) is 0.0357. The number of allylic oxidation sites excluding steroid dienone is 1. The fourth-order valence-corrected chi connectivity index (χ4v) is 26.1. The third-order valence-corrected chi connectivity index (χ3v) is 33.9. The van der Waals surface area contributed by atoms with E-state index in [-0.39, 0.29) is 17.1 Å². The van der Waals surface area contributed by atoms with Crippen molar-refractivity contribution in [3.63, 3.8) is 0 Å². The third kappa shape index (κ3) is 27.8. The van der Waals surface area contributed by atoms with Gasteiger partial charge in [0.25, 0.3) is 11.8 Å². The van der Waals surface area contributed by atoms with E-state index < -0.39 is 0 Å². The summed E-state index contributed by atoms with van der Waals surface area (Å²) in [5.41, 5.74) is 3.22. The maximum atomic E-state index is 16.7. The van der Waals surface area contributed by atoms with Gasteiger partial charge in [-0.1, -0.05) is 317 Å². The molecule has 10 rings (SSSR count). The molecule has 2 amide bonds. The Morgan fingerprint density at radius 2 is 0.555 bits per heavy atom. The van der Waals surface area contributed by atoms with Gasteiger partial charge in [0.15, 0.2) is 0 Å². The van der Waals surface area contributed by atoms with Crippen LogP contribution in [0, 0.1) is 11.8 Å². The molecular weight excluding hydrogens is 1490 g/mol. The first-order valence-electron chi connectivity index (χ1n) is 45.4. The van der Waals surface area contributed by atoms with Crippen molar-refractivity contribution in [3.05, 3.63) is 132 Å². The van der Waals surface area contributed by atoms with E-state index in [4.69, 9.17) is 0 Å².